The van der Waals surface area contributed by atoms with Crippen LogP contribution in [0.15, 0.2) is 60.7 Å². The number of hydrogen-bond donors (Lipinski definition) is 2. The van der Waals surface area contributed by atoms with Gasteiger partial charge >= 0.3 is 6.03 Å². The van der Waals surface area contributed by atoms with Crippen LogP contribution in [0.2, 0.25) is 0 Å². The third-order valence-electron chi connectivity index (χ3n) is 4.51. The van der Waals surface area contributed by atoms with Crippen molar-refractivity contribution in [2.24, 2.45) is 0 Å². The van der Waals surface area contributed by atoms with E-state index in [0.29, 0.717) is 34.2 Å². The Hall–Kier alpha value is -3.72. The summed E-state index contributed by atoms with van der Waals surface area (Å²) in [4.78, 5) is 37.6. The highest BCUT2D eigenvalue weighted by Crippen LogP contribution is 2.34. The molecule has 0 saturated heterocycles. The van der Waals surface area contributed by atoms with Crippen LogP contribution in [-0.2, 0) is 6.42 Å². The van der Waals surface area contributed by atoms with Crippen LogP contribution >= 0.6 is 11.3 Å². The third-order valence-corrected chi connectivity index (χ3v) is 5.49. The normalized spacial score (nSPS) is 12.3. The first-order chi connectivity index (χ1) is 14.0. The van der Waals surface area contributed by atoms with Crippen LogP contribution in [-0.4, -0.2) is 23.4 Å². The quantitative estimate of drug-likeness (QED) is 0.490. The number of non-ortho nitro benzene ring substituents is 1. The Kier molecular flexibility index (Phi) is 4.96. The van der Waals surface area contributed by atoms with Gasteiger partial charge in [-0.3, -0.25) is 20.2 Å². The number of carbonyl (C=O) groups excluding carboxylic acids is 2. The van der Waals surface area contributed by atoms with Crippen molar-refractivity contribution < 1.29 is 14.5 Å². The predicted octanol–water partition coefficient (Wildman–Crippen LogP) is 4.50. The van der Waals surface area contributed by atoms with E-state index in [-0.39, 0.29) is 11.6 Å². The van der Waals surface area contributed by atoms with Crippen LogP contribution in [0, 0.1) is 10.1 Å². The molecule has 0 bridgehead atoms. The van der Waals surface area contributed by atoms with Gasteiger partial charge in [0.2, 0.25) is 0 Å². The summed E-state index contributed by atoms with van der Waals surface area (Å²) in [6.45, 7) is 0.463. The number of nitro benzene ring substituents is 1. The summed E-state index contributed by atoms with van der Waals surface area (Å²) in [6.07, 6.45) is 0.648. The van der Waals surface area contributed by atoms with Crippen LogP contribution in [0.25, 0.3) is 0 Å². The lowest BCUT2D eigenvalue weighted by Gasteiger charge is -2.16. The number of hydrogen-bond acceptors (Lipinski definition) is 5. The van der Waals surface area contributed by atoms with Crippen molar-refractivity contribution in [3.63, 3.8) is 0 Å². The first kappa shape index (κ1) is 18.6. The minimum atomic E-state index is -0.472. The molecule has 2 heterocycles. The smallest absolute Gasteiger partial charge is 0.308 e. The number of nitrogens with zero attached hydrogens (tertiary/aromatic N) is 2. The fraction of sp³-hybridized carbons (Fsp3) is 0.100. The van der Waals surface area contributed by atoms with Crippen molar-refractivity contribution in [3.8, 4) is 0 Å². The van der Waals surface area contributed by atoms with E-state index in [1.807, 2.05) is 18.2 Å². The molecule has 0 fully saturated rings. The second kappa shape index (κ2) is 7.72. The number of benzene rings is 2. The minimum absolute atomic E-state index is 0.0467. The fourth-order valence-electron chi connectivity index (χ4n) is 3.14. The molecule has 0 radical (unpaired) electrons. The van der Waals surface area contributed by atoms with Gasteiger partial charge in [0, 0.05) is 24.4 Å². The van der Waals surface area contributed by atoms with E-state index in [0.717, 1.165) is 16.9 Å². The van der Waals surface area contributed by atoms with Gasteiger partial charge in [-0.2, -0.15) is 0 Å². The Morgan fingerprint density at radius 3 is 2.59 bits per heavy atom. The fourth-order valence-corrected chi connectivity index (χ4v) is 3.99. The molecule has 1 aliphatic heterocycles. The average Bonchev–Trinajstić information content (AvgIpc) is 3.34. The van der Waals surface area contributed by atoms with E-state index in [1.165, 1.54) is 12.1 Å². The first-order valence-corrected chi connectivity index (χ1v) is 9.65. The number of nitro groups is 1. The zero-order valence-corrected chi connectivity index (χ0v) is 15.9. The lowest BCUT2D eigenvalue weighted by Crippen LogP contribution is -2.28. The molecular weight excluding hydrogens is 392 g/mol. The van der Waals surface area contributed by atoms with Crippen LogP contribution in [0.1, 0.15) is 15.2 Å². The standard InChI is InChI=1S/C20H16N4O4S/c25-19(23-11-10-13-6-7-15(24(27)28)12-16(13)23)17-8-9-18(29-17)22-20(26)21-14-4-2-1-3-5-14/h1-9,12H,10-11H2,(H2,21,22,26). The number of urea groups is 1. The maximum atomic E-state index is 12.9. The predicted molar refractivity (Wildman–Crippen MR) is 112 cm³/mol. The summed E-state index contributed by atoms with van der Waals surface area (Å²) in [5.74, 6) is -0.245. The van der Waals surface area contributed by atoms with Gasteiger partial charge in [-0.1, -0.05) is 24.3 Å². The topological polar surface area (TPSA) is 105 Å². The van der Waals surface area contributed by atoms with Gasteiger partial charge in [-0.05, 0) is 36.2 Å². The molecule has 0 aliphatic carbocycles. The second-order valence-electron chi connectivity index (χ2n) is 6.39. The Morgan fingerprint density at radius 1 is 1.03 bits per heavy atom. The molecule has 2 N–H and O–H groups in total. The van der Waals surface area contributed by atoms with Crippen LogP contribution in [0.3, 0.4) is 0 Å². The van der Waals surface area contributed by atoms with E-state index in [1.54, 1.807) is 35.2 Å². The monoisotopic (exact) mass is 408 g/mol. The Morgan fingerprint density at radius 2 is 1.83 bits per heavy atom. The van der Waals surface area contributed by atoms with E-state index in [9.17, 15) is 19.7 Å². The van der Waals surface area contributed by atoms with Crippen molar-refractivity contribution in [2.45, 2.75) is 6.42 Å². The molecule has 0 spiro atoms. The van der Waals surface area contributed by atoms with E-state index in [4.69, 9.17) is 0 Å². The van der Waals surface area contributed by atoms with Crippen molar-refractivity contribution in [1.29, 1.82) is 0 Å². The number of thiophene rings is 1. The number of nitrogens with one attached hydrogen (secondary N) is 2. The van der Waals surface area contributed by atoms with Gasteiger partial charge in [-0.15, -0.1) is 11.3 Å². The Balaban J connectivity index is 1.46. The zero-order chi connectivity index (χ0) is 20.4. The Bertz CT molecular complexity index is 1100. The summed E-state index contributed by atoms with van der Waals surface area (Å²) in [5, 5.41) is 17.0. The molecule has 1 aromatic heterocycles. The molecule has 146 valence electrons. The minimum Gasteiger partial charge on any atom is -0.308 e. The first-order valence-electron chi connectivity index (χ1n) is 8.83. The summed E-state index contributed by atoms with van der Waals surface area (Å²) in [7, 11) is 0. The number of rotatable bonds is 4. The molecule has 29 heavy (non-hydrogen) atoms. The number of anilines is 3. The SMILES string of the molecule is O=C(Nc1ccccc1)Nc1ccc(C(=O)N2CCc3ccc([N+](=O)[O-])cc32)s1. The van der Waals surface area contributed by atoms with Gasteiger partial charge in [0.1, 0.15) is 0 Å². The summed E-state index contributed by atoms with van der Waals surface area (Å²) in [5.41, 5.74) is 2.08. The largest absolute Gasteiger partial charge is 0.324 e. The highest BCUT2D eigenvalue weighted by Gasteiger charge is 2.28. The van der Waals surface area contributed by atoms with Crippen molar-refractivity contribution in [2.75, 3.05) is 22.1 Å². The van der Waals surface area contributed by atoms with E-state index < -0.39 is 11.0 Å². The van der Waals surface area contributed by atoms with Gasteiger partial charge in [0.25, 0.3) is 11.6 Å². The van der Waals surface area contributed by atoms with Crippen LogP contribution in [0.4, 0.5) is 26.9 Å². The highest BCUT2D eigenvalue weighted by molar-refractivity contribution is 7.18. The molecule has 0 unspecified atom stereocenters. The number of carbonyl (C=O) groups is 2. The summed E-state index contributed by atoms with van der Waals surface area (Å²) in [6, 6.07) is 16.5. The van der Waals surface area contributed by atoms with Gasteiger partial charge < -0.3 is 10.2 Å². The molecule has 1 aliphatic rings. The van der Waals surface area contributed by atoms with Crippen LogP contribution in [0.5, 0.6) is 0 Å². The van der Waals surface area contributed by atoms with Gasteiger partial charge in [0.15, 0.2) is 0 Å². The summed E-state index contributed by atoms with van der Waals surface area (Å²) < 4.78 is 0. The highest BCUT2D eigenvalue weighted by atomic mass is 32.1. The number of fused-ring (bicyclic) bond motifs is 1. The third kappa shape index (κ3) is 3.94. The molecule has 2 aromatic carbocycles. The molecule has 0 atom stereocenters. The van der Waals surface area contributed by atoms with Gasteiger partial charge in [0.05, 0.1) is 20.5 Å². The van der Waals surface area contributed by atoms with Crippen molar-refractivity contribution in [3.05, 3.63) is 81.2 Å². The molecule has 4 rings (SSSR count). The second-order valence-corrected chi connectivity index (χ2v) is 7.47. The maximum absolute atomic E-state index is 12.9. The van der Waals surface area contributed by atoms with Gasteiger partial charge in [-0.25, -0.2) is 4.79 Å². The molecule has 8 nitrogen and oxygen atoms in total. The van der Waals surface area contributed by atoms with E-state index >= 15 is 0 Å². The summed E-state index contributed by atoms with van der Waals surface area (Å²) >= 11 is 1.15. The van der Waals surface area contributed by atoms with Crippen LogP contribution < -0.4 is 15.5 Å². The zero-order valence-electron chi connectivity index (χ0n) is 15.1. The lowest BCUT2D eigenvalue weighted by atomic mass is 10.1. The molecule has 9 heteroatoms. The molecule has 3 amide bonds. The van der Waals surface area contributed by atoms with Crippen molar-refractivity contribution >= 4 is 45.3 Å². The van der Waals surface area contributed by atoms with Crippen molar-refractivity contribution in [1.82, 2.24) is 0 Å². The average molecular weight is 408 g/mol. The van der Waals surface area contributed by atoms with E-state index in [2.05, 4.69) is 10.6 Å². The number of amides is 3. The molecule has 3 aromatic rings. The molecular formula is C20H16N4O4S. The maximum Gasteiger partial charge on any atom is 0.324 e. The lowest BCUT2D eigenvalue weighted by molar-refractivity contribution is -0.384. The Labute approximate surface area is 169 Å². The molecule has 0 saturated carbocycles. The number of para-hydroxylation sites is 1.